The van der Waals surface area contributed by atoms with Gasteiger partial charge in [-0.25, -0.2) is 0 Å². The average Bonchev–Trinajstić information content (AvgIpc) is 3.14. The fourth-order valence-corrected chi connectivity index (χ4v) is 4.67. The van der Waals surface area contributed by atoms with E-state index < -0.39 is 0 Å². The maximum absolute atomic E-state index is 13.5. The van der Waals surface area contributed by atoms with Crippen molar-refractivity contribution >= 4 is 22.4 Å². The van der Waals surface area contributed by atoms with Gasteiger partial charge < -0.3 is 15.0 Å². The first-order chi connectivity index (χ1) is 17.2. The van der Waals surface area contributed by atoms with Crippen molar-refractivity contribution in [2.24, 2.45) is 5.92 Å². The van der Waals surface area contributed by atoms with Gasteiger partial charge >= 0.3 is 0 Å². The standard InChI is InChI=1S/C29H30N4O2/c1-21-8-9-25(16-28(21)32-17-26-7-2-3-11-31-26)29(34)33-13-14-35-20-22(19-33)15-24-6-4-5-23-10-12-30-18-27(23)24/h2-12,16,18,22,32H,13-15,17,19-20H2,1H3/t22-/m1/s1. The fourth-order valence-electron chi connectivity index (χ4n) is 4.67. The van der Waals surface area contributed by atoms with Gasteiger partial charge in [-0.2, -0.15) is 0 Å². The summed E-state index contributed by atoms with van der Waals surface area (Å²) in [6.07, 6.45) is 6.38. The second kappa shape index (κ2) is 10.7. The Labute approximate surface area is 206 Å². The largest absolute Gasteiger partial charge is 0.379 e. The minimum absolute atomic E-state index is 0.0426. The van der Waals surface area contributed by atoms with Crippen molar-refractivity contribution in [2.45, 2.75) is 19.9 Å². The van der Waals surface area contributed by atoms with Crippen LogP contribution < -0.4 is 5.32 Å². The third-order valence-electron chi connectivity index (χ3n) is 6.58. The van der Waals surface area contributed by atoms with Crippen LogP contribution in [0.2, 0.25) is 0 Å². The number of carbonyl (C=O) groups is 1. The van der Waals surface area contributed by atoms with Crippen molar-refractivity contribution in [3.05, 3.63) is 102 Å². The van der Waals surface area contributed by atoms with Gasteiger partial charge in [-0.05, 0) is 60.2 Å². The maximum Gasteiger partial charge on any atom is 0.254 e. The summed E-state index contributed by atoms with van der Waals surface area (Å²) < 4.78 is 5.91. The molecule has 4 aromatic rings. The summed E-state index contributed by atoms with van der Waals surface area (Å²) in [6, 6.07) is 20.1. The van der Waals surface area contributed by atoms with Crippen LogP contribution in [0.3, 0.4) is 0 Å². The highest BCUT2D eigenvalue weighted by Crippen LogP contribution is 2.24. The molecule has 0 bridgehead atoms. The highest BCUT2D eigenvalue weighted by molar-refractivity contribution is 5.95. The van der Waals surface area contributed by atoms with E-state index in [0.717, 1.165) is 23.4 Å². The molecule has 6 nitrogen and oxygen atoms in total. The van der Waals surface area contributed by atoms with Gasteiger partial charge in [0.15, 0.2) is 0 Å². The zero-order valence-corrected chi connectivity index (χ0v) is 20.0. The molecule has 1 fully saturated rings. The number of aromatic nitrogens is 2. The first-order valence-electron chi connectivity index (χ1n) is 12.1. The number of pyridine rings is 2. The molecular weight excluding hydrogens is 436 g/mol. The summed E-state index contributed by atoms with van der Waals surface area (Å²) in [5.74, 6) is 0.264. The average molecular weight is 467 g/mol. The van der Waals surface area contributed by atoms with Gasteiger partial charge in [-0.1, -0.05) is 30.3 Å². The molecule has 1 N–H and O–H groups in total. The molecular formula is C29H30N4O2. The highest BCUT2D eigenvalue weighted by atomic mass is 16.5. The topological polar surface area (TPSA) is 67.4 Å². The first kappa shape index (κ1) is 23.0. The molecule has 2 aromatic carbocycles. The zero-order chi connectivity index (χ0) is 24.0. The predicted molar refractivity (Wildman–Crippen MR) is 138 cm³/mol. The molecule has 35 heavy (non-hydrogen) atoms. The van der Waals surface area contributed by atoms with E-state index in [1.807, 2.05) is 66.7 Å². The Kier molecular flexibility index (Phi) is 7.00. The number of hydrogen-bond acceptors (Lipinski definition) is 5. The molecule has 1 amide bonds. The van der Waals surface area contributed by atoms with E-state index in [2.05, 4.69) is 33.5 Å². The Hall–Kier alpha value is -3.77. The fraction of sp³-hybridized carbons (Fsp3) is 0.276. The number of anilines is 1. The number of rotatable bonds is 6. The lowest BCUT2D eigenvalue weighted by molar-refractivity contribution is 0.0737. The molecule has 6 heteroatoms. The SMILES string of the molecule is Cc1ccc(C(=O)N2CCOC[C@H](Cc3cccc4ccncc34)C2)cc1NCc1ccccn1. The molecule has 3 heterocycles. The van der Waals surface area contributed by atoms with Crippen molar-refractivity contribution in [2.75, 3.05) is 31.6 Å². The van der Waals surface area contributed by atoms with Crippen molar-refractivity contribution in [3.8, 4) is 0 Å². The summed E-state index contributed by atoms with van der Waals surface area (Å²) in [6.45, 7) is 5.11. The molecule has 1 saturated heterocycles. The summed E-state index contributed by atoms with van der Waals surface area (Å²) >= 11 is 0. The van der Waals surface area contributed by atoms with E-state index >= 15 is 0 Å². The molecule has 0 spiro atoms. The third-order valence-corrected chi connectivity index (χ3v) is 6.58. The molecule has 0 radical (unpaired) electrons. The maximum atomic E-state index is 13.5. The van der Waals surface area contributed by atoms with E-state index in [0.29, 0.717) is 38.4 Å². The molecule has 1 aliphatic rings. The highest BCUT2D eigenvalue weighted by Gasteiger charge is 2.24. The monoisotopic (exact) mass is 466 g/mol. The number of nitrogens with one attached hydrogen (secondary N) is 1. The molecule has 0 aliphatic carbocycles. The molecule has 5 rings (SSSR count). The smallest absolute Gasteiger partial charge is 0.254 e. The molecule has 2 aromatic heterocycles. The molecule has 178 valence electrons. The second-order valence-corrected chi connectivity index (χ2v) is 9.11. The summed E-state index contributed by atoms with van der Waals surface area (Å²) in [5.41, 5.74) is 4.94. The van der Waals surface area contributed by atoms with E-state index in [4.69, 9.17) is 4.74 Å². The number of aryl methyl sites for hydroxylation is 1. The van der Waals surface area contributed by atoms with Crippen molar-refractivity contribution in [3.63, 3.8) is 0 Å². The van der Waals surface area contributed by atoms with Crippen LogP contribution in [0, 0.1) is 12.8 Å². The molecule has 0 unspecified atom stereocenters. The predicted octanol–water partition coefficient (Wildman–Crippen LogP) is 4.88. The number of carbonyl (C=O) groups excluding carboxylic acids is 1. The van der Waals surface area contributed by atoms with Gasteiger partial charge in [0.05, 0.1) is 25.5 Å². The van der Waals surface area contributed by atoms with Crippen molar-refractivity contribution < 1.29 is 9.53 Å². The van der Waals surface area contributed by atoms with E-state index in [-0.39, 0.29) is 11.8 Å². The Morgan fingerprint density at radius 1 is 1.11 bits per heavy atom. The molecule has 0 saturated carbocycles. The Morgan fingerprint density at radius 3 is 2.94 bits per heavy atom. The first-order valence-corrected chi connectivity index (χ1v) is 12.1. The van der Waals surface area contributed by atoms with Gasteiger partial charge in [0.25, 0.3) is 5.91 Å². The minimum atomic E-state index is 0.0426. The number of hydrogen-bond donors (Lipinski definition) is 1. The van der Waals surface area contributed by atoms with Crippen LogP contribution >= 0.6 is 0 Å². The third kappa shape index (κ3) is 5.49. The van der Waals surface area contributed by atoms with Crippen LogP contribution in [0.4, 0.5) is 5.69 Å². The quantitative estimate of drug-likeness (QED) is 0.439. The van der Waals surface area contributed by atoms with E-state index in [1.54, 1.807) is 6.20 Å². The lowest BCUT2D eigenvalue weighted by Crippen LogP contribution is -2.36. The Bertz CT molecular complexity index is 1300. The van der Waals surface area contributed by atoms with Crippen LogP contribution in [0.25, 0.3) is 10.8 Å². The Morgan fingerprint density at radius 2 is 2.06 bits per heavy atom. The van der Waals surface area contributed by atoms with Crippen molar-refractivity contribution in [1.82, 2.24) is 14.9 Å². The normalized spacial score (nSPS) is 16.1. The van der Waals surface area contributed by atoms with Crippen LogP contribution in [0.1, 0.15) is 27.2 Å². The zero-order valence-electron chi connectivity index (χ0n) is 20.0. The molecule has 1 atom stereocenters. The minimum Gasteiger partial charge on any atom is -0.379 e. The van der Waals surface area contributed by atoms with E-state index in [9.17, 15) is 4.79 Å². The summed E-state index contributed by atoms with van der Waals surface area (Å²) in [5, 5.41) is 5.79. The number of nitrogens with zero attached hydrogens (tertiary/aromatic N) is 3. The molecule has 1 aliphatic heterocycles. The van der Waals surface area contributed by atoms with Crippen LogP contribution in [0.15, 0.2) is 79.3 Å². The number of amides is 1. The van der Waals surface area contributed by atoms with Gasteiger partial charge in [0, 0.05) is 54.2 Å². The summed E-state index contributed by atoms with van der Waals surface area (Å²) in [7, 11) is 0. The number of fused-ring (bicyclic) bond motifs is 1. The Balaban J connectivity index is 1.30. The van der Waals surface area contributed by atoms with Crippen LogP contribution in [0.5, 0.6) is 0 Å². The lowest BCUT2D eigenvalue weighted by atomic mass is 9.95. The van der Waals surface area contributed by atoms with Gasteiger partial charge in [-0.3, -0.25) is 14.8 Å². The van der Waals surface area contributed by atoms with Crippen molar-refractivity contribution in [1.29, 1.82) is 0 Å². The van der Waals surface area contributed by atoms with Gasteiger partial charge in [-0.15, -0.1) is 0 Å². The summed E-state index contributed by atoms with van der Waals surface area (Å²) in [4.78, 5) is 24.1. The van der Waals surface area contributed by atoms with E-state index in [1.165, 1.54) is 16.3 Å². The second-order valence-electron chi connectivity index (χ2n) is 9.11. The van der Waals surface area contributed by atoms with Gasteiger partial charge in [0.2, 0.25) is 0 Å². The number of ether oxygens (including phenoxy) is 1. The van der Waals surface area contributed by atoms with Crippen LogP contribution in [-0.4, -0.2) is 47.1 Å². The number of benzene rings is 2. The van der Waals surface area contributed by atoms with Crippen LogP contribution in [-0.2, 0) is 17.7 Å². The lowest BCUT2D eigenvalue weighted by Gasteiger charge is -2.24. The van der Waals surface area contributed by atoms with Gasteiger partial charge in [0.1, 0.15) is 0 Å².